The number of nitrogens with two attached hydrogens (primary N) is 1. The Hall–Kier alpha value is -1.91. The second kappa shape index (κ2) is 16.5. The molecule has 1 fully saturated rings. The van der Waals surface area contributed by atoms with Crippen molar-refractivity contribution in [1.29, 1.82) is 0 Å². The molecular weight excluding hydrogens is 290 g/mol. The highest BCUT2D eigenvalue weighted by Crippen LogP contribution is 2.15. The quantitative estimate of drug-likeness (QED) is 0.803. The van der Waals surface area contributed by atoms with E-state index in [1.807, 2.05) is 33.8 Å². The Morgan fingerprint density at radius 1 is 1.09 bits per heavy atom. The van der Waals surface area contributed by atoms with Gasteiger partial charge in [0.2, 0.25) is 12.3 Å². The summed E-state index contributed by atoms with van der Waals surface area (Å²) in [7, 11) is 0. The van der Waals surface area contributed by atoms with Crippen molar-refractivity contribution in [3.63, 3.8) is 0 Å². The zero-order chi connectivity index (χ0) is 18.1. The van der Waals surface area contributed by atoms with Crippen molar-refractivity contribution in [3.05, 3.63) is 23.4 Å². The summed E-state index contributed by atoms with van der Waals surface area (Å²) in [6.45, 7) is 9.26. The van der Waals surface area contributed by atoms with Crippen LogP contribution in [-0.2, 0) is 9.59 Å². The molecule has 1 aliphatic carbocycles. The van der Waals surface area contributed by atoms with Crippen LogP contribution >= 0.6 is 0 Å². The number of carbonyl (C=O) groups is 2. The van der Waals surface area contributed by atoms with Crippen molar-refractivity contribution in [2.75, 3.05) is 5.32 Å². The minimum atomic E-state index is -0.333. The van der Waals surface area contributed by atoms with Gasteiger partial charge in [-0.25, -0.2) is 4.98 Å². The molecule has 1 aliphatic rings. The van der Waals surface area contributed by atoms with Crippen LogP contribution < -0.4 is 11.1 Å². The predicted octanol–water partition coefficient (Wildman–Crippen LogP) is 4.13. The maximum absolute atomic E-state index is 10.0. The van der Waals surface area contributed by atoms with Gasteiger partial charge < -0.3 is 11.1 Å². The number of hydrogen-bond donors (Lipinski definition) is 2. The summed E-state index contributed by atoms with van der Waals surface area (Å²) in [5, 5.41) is 2.48. The van der Waals surface area contributed by atoms with Gasteiger partial charge in [0.15, 0.2) is 0 Å². The normalized spacial score (nSPS) is 12.0. The summed E-state index contributed by atoms with van der Waals surface area (Å²) in [5.41, 5.74) is 6.73. The van der Waals surface area contributed by atoms with Gasteiger partial charge in [0, 0.05) is 13.1 Å². The highest BCUT2D eigenvalue weighted by atomic mass is 16.1. The molecule has 0 aromatic carbocycles. The van der Waals surface area contributed by atoms with E-state index < -0.39 is 0 Å². The Bertz CT molecular complexity index is 415. The molecule has 1 aromatic rings. The van der Waals surface area contributed by atoms with E-state index in [1.54, 1.807) is 6.20 Å². The fourth-order valence-electron chi connectivity index (χ4n) is 1.82. The molecule has 0 radical (unpaired) electrons. The van der Waals surface area contributed by atoms with E-state index in [-0.39, 0.29) is 5.91 Å². The molecule has 0 aliphatic heterocycles. The molecule has 23 heavy (non-hydrogen) atoms. The zero-order valence-corrected chi connectivity index (χ0v) is 15.3. The first kappa shape index (κ1) is 23.4. The Kier molecular flexibility index (Phi) is 16.7. The molecule has 5 heteroatoms. The van der Waals surface area contributed by atoms with E-state index in [0.717, 1.165) is 11.1 Å². The van der Waals surface area contributed by atoms with Gasteiger partial charge in [-0.3, -0.25) is 9.59 Å². The molecule has 0 unspecified atom stereocenters. The first-order valence-corrected chi connectivity index (χ1v) is 8.37. The van der Waals surface area contributed by atoms with Crippen LogP contribution in [0.15, 0.2) is 12.3 Å². The molecule has 1 saturated carbocycles. The first-order chi connectivity index (χ1) is 11.0. The Morgan fingerprint density at radius 3 is 1.78 bits per heavy atom. The monoisotopic (exact) mass is 323 g/mol. The molecule has 3 N–H and O–H groups in total. The highest BCUT2D eigenvalue weighted by Gasteiger charge is 1.95. The van der Waals surface area contributed by atoms with Crippen LogP contribution in [0, 0.1) is 13.8 Å². The Labute approximate surface area is 141 Å². The summed E-state index contributed by atoms with van der Waals surface area (Å²) in [5.74, 6) is 0.267. The number of aromatic nitrogens is 1. The number of primary amides is 1. The first-order valence-electron chi connectivity index (χ1n) is 8.37. The second-order valence-electron chi connectivity index (χ2n) is 5.15. The Balaban J connectivity index is 0. The number of nitrogens with zero attached hydrogens (tertiary/aromatic N) is 1. The molecule has 0 atom stereocenters. The Morgan fingerprint density at radius 2 is 1.48 bits per heavy atom. The molecule has 0 bridgehead atoms. The number of pyridine rings is 1. The van der Waals surface area contributed by atoms with Crippen LogP contribution in [0.25, 0.3) is 0 Å². The average Bonchev–Trinajstić information content (AvgIpc) is 2.55. The SMILES string of the molecule is C1CCCCC1.CC.CC(N)=O.Cc1cnc(NC=O)cc1C. The van der Waals surface area contributed by atoms with E-state index >= 15 is 0 Å². The predicted molar refractivity (Wildman–Crippen MR) is 97.3 cm³/mol. The lowest BCUT2D eigenvalue weighted by Gasteiger charge is -2.05. The number of carbonyl (C=O) groups excluding carboxylic acids is 2. The summed E-state index contributed by atoms with van der Waals surface area (Å²) in [6, 6.07) is 1.84. The minimum absolute atomic E-state index is 0.333. The van der Waals surface area contributed by atoms with Gasteiger partial charge in [-0.1, -0.05) is 52.4 Å². The number of anilines is 1. The number of nitrogens with one attached hydrogen (secondary N) is 1. The molecule has 1 aromatic heterocycles. The van der Waals surface area contributed by atoms with E-state index in [2.05, 4.69) is 16.0 Å². The van der Waals surface area contributed by atoms with Gasteiger partial charge >= 0.3 is 0 Å². The van der Waals surface area contributed by atoms with Gasteiger partial charge in [0.1, 0.15) is 5.82 Å². The van der Waals surface area contributed by atoms with Crippen molar-refractivity contribution in [1.82, 2.24) is 4.98 Å². The zero-order valence-electron chi connectivity index (χ0n) is 15.3. The lowest BCUT2D eigenvalue weighted by atomic mass is 10.0. The van der Waals surface area contributed by atoms with Gasteiger partial charge in [-0.05, 0) is 31.0 Å². The summed E-state index contributed by atoms with van der Waals surface area (Å²) < 4.78 is 0. The minimum Gasteiger partial charge on any atom is -0.370 e. The average molecular weight is 323 g/mol. The topological polar surface area (TPSA) is 85.1 Å². The third-order valence-electron chi connectivity index (χ3n) is 3.08. The fourth-order valence-corrected chi connectivity index (χ4v) is 1.82. The van der Waals surface area contributed by atoms with E-state index in [4.69, 9.17) is 0 Å². The molecule has 0 spiro atoms. The molecule has 132 valence electrons. The van der Waals surface area contributed by atoms with Gasteiger partial charge in [-0.2, -0.15) is 0 Å². The van der Waals surface area contributed by atoms with Crippen LogP contribution in [0.4, 0.5) is 5.82 Å². The van der Waals surface area contributed by atoms with Crippen LogP contribution in [-0.4, -0.2) is 17.3 Å². The lowest BCUT2D eigenvalue weighted by Crippen LogP contribution is -2.01. The lowest BCUT2D eigenvalue weighted by molar-refractivity contribution is -0.116. The standard InChI is InChI=1S/C8H10N2O.C6H12.C2H5NO.C2H6/c1-6-3-8(10-5-11)9-4-7(6)2;1-2-4-6-5-3-1;1-2(3)4;1-2/h3-5H,1-2H3,(H,9,10,11);1-6H2;1H3,(H2,3,4);1-2H3. The van der Waals surface area contributed by atoms with Crippen LogP contribution in [0.1, 0.15) is 70.4 Å². The molecule has 1 heterocycles. The second-order valence-corrected chi connectivity index (χ2v) is 5.15. The third-order valence-corrected chi connectivity index (χ3v) is 3.08. The maximum Gasteiger partial charge on any atom is 0.214 e. The van der Waals surface area contributed by atoms with Gasteiger partial charge in [0.05, 0.1) is 0 Å². The van der Waals surface area contributed by atoms with Crippen LogP contribution in [0.3, 0.4) is 0 Å². The molecule has 2 rings (SSSR count). The summed E-state index contributed by atoms with van der Waals surface area (Å²) >= 11 is 0. The maximum atomic E-state index is 10.0. The van der Waals surface area contributed by atoms with Gasteiger partial charge in [0.25, 0.3) is 0 Å². The third kappa shape index (κ3) is 16.3. The number of rotatable bonds is 2. The van der Waals surface area contributed by atoms with Crippen molar-refractivity contribution < 1.29 is 9.59 Å². The summed E-state index contributed by atoms with van der Waals surface area (Å²) in [6.07, 6.45) is 11.4. The molecular formula is C18H33N3O2. The van der Waals surface area contributed by atoms with Gasteiger partial charge in [-0.15, -0.1) is 0 Å². The van der Waals surface area contributed by atoms with E-state index in [1.165, 1.54) is 45.4 Å². The summed E-state index contributed by atoms with van der Waals surface area (Å²) in [4.78, 5) is 23.2. The highest BCUT2D eigenvalue weighted by molar-refractivity contribution is 5.70. The smallest absolute Gasteiger partial charge is 0.214 e. The van der Waals surface area contributed by atoms with Crippen LogP contribution in [0.2, 0.25) is 0 Å². The van der Waals surface area contributed by atoms with Crippen molar-refractivity contribution in [2.24, 2.45) is 5.73 Å². The molecule has 5 nitrogen and oxygen atoms in total. The number of amides is 2. The fraction of sp³-hybridized carbons (Fsp3) is 0.611. The van der Waals surface area contributed by atoms with Crippen LogP contribution in [0.5, 0.6) is 0 Å². The molecule has 0 saturated heterocycles. The van der Waals surface area contributed by atoms with Crippen molar-refractivity contribution in [3.8, 4) is 0 Å². The number of hydrogen-bond acceptors (Lipinski definition) is 3. The van der Waals surface area contributed by atoms with E-state index in [0.29, 0.717) is 12.2 Å². The largest absolute Gasteiger partial charge is 0.370 e. The number of aryl methyl sites for hydroxylation is 2. The van der Waals surface area contributed by atoms with E-state index in [9.17, 15) is 9.59 Å². The molecule has 2 amide bonds. The van der Waals surface area contributed by atoms with Crippen molar-refractivity contribution >= 4 is 18.1 Å². The van der Waals surface area contributed by atoms with Crippen molar-refractivity contribution in [2.45, 2.75) is 73.1 Å².